The molecule has 0 radical (unpaired) electrons. The molecule has 1 aromatic heterocycles. The SMILES string of the molecule is CCN1CCN(C(=O)C(C)OCC2CC2)CC1c1ncc[nH]1. The van der Waals surface area contributed by atoms with Gasteiger partial charge in [0.2, 0.25) is 0 Å². The molecule has 1 aromatic rings. The van der Waals surface area contributed by atoms with Crippen LogP contribution in [0.3, 0.4) is 0 Å². The Bertz CT molecular complexity index is 486. The third kappa shape index (κ3) is 3.50. The number of likely N-dealkylation sites (N-methyl/N-ethyl adjacent to an activating group) is 1. The molecule has 1 N–H and O–H groups in total. The molecule has 0 bridgehead atoms. The first-order valence-electron chi connectivity index (χ1n) is 8.32. The van der Waals surface area contributed by atoms with Crippen molar-refractivity contribution in [1.82, 2.24) is 19.8 Å². The highest BCUT2D eigenvalue weighted by molar-refractivity contribution is 5.80. The van der Waals surface area contributed by atoms with Gasteiger partial charge in [-0.3, -0.25) is 9.69 Å². The number of ether oxygens (including phenoxy) is 1. The van der Waals surface area contributed by atoms with Crippen LogP contribution < -0.4 is 0 Å². The molecule has 2 atom stereocenters. The van der Waals surface area contributed by atoms with Crippen LogP contribution in [0.4, 0.5) is 0 Å². The van der Waals surface area contributed by atoms with Crippen molar-refractivity contribution in [2.45, 2.75) is 38.8 Å². The van der Waals surface area contributed by atoms with Gasteiger partial charge in [0.15, 0.2) is 0 Å². The van der Waals surface area contributed by atoms with Crippen LogP contribution in [0.25, 0.3) is 0 Å². The van der Waals surface area contributed by atoms with Crippen LogP contribution >= 0.6 is 0 Å². The summed E-state index contributed by atoms with van der Waals surface area (Å²) in [7, 11) is 0. The molecule has 2 fully saturated rings. The van der Waals surface area contributed by atoms with Crippen LogP contribution in [0.5, 0.6) is 0 Å². The van der Waals surface area contributed by atoms with Gasteiger partial charge in [0.05, 0.1) is 12.6 Å². The predicted molar refractivity (Wildman–Crippen MR) is 83.3 cm³/mol. The van der Waals surface area contributed by atoms with Gasteiger partial charge < -0.3 is 14.6 Å². The summed E-state index contributed by atoms with van der Waals surface area (Å²) in [5.41, 5.74) is 0. The number of nitrogens with zero attached hydrogens (tertiary/aromatic N) is 3. The fourth-order valence-corrected chi connectivity index (χ4v) is 3.01. The Labute approximate surface area is 131 Å². The van der Waals surface area contributed by atoms with E-state index in [9.17, 15) is 4.79 Å². The number of rotatable bonds is 6. The van der Waals surface area contributed by atoms with E-state index in [1.54, 1.807) is 6.20 Å². The third-order valence-corrected chi connectivity index (χ3v) is 4.67. The lowest BCUT2D eigenvalue weighted by Crippen LogP contribution is -2.53. The molecule has 0 spiro atoms. The first-order valence-corrected chi connectivity index (χ1v) is 8.32. The molecular formula is C16H26N4O2. The van der Waals surface area contributed by atoms with Gasteiger partial charge in [-0.1, -0.05) is 6.92 Å². The molecule has 1 aliphatic carbocycles. The van der Waals surface area contributed by atoms with Crippen molar-refractivity contribution in [3.63, 3.8) is 0 Å². The highest BCUT2D eigenvalue weighted by atomic mass is 16.5. The van der Waals surface area contributed by atoms with Crippen LogP contribution in [0.15, 0.2) is 12.4 Å². The highest BCUT2D eigenvalue weighted by Crippen LogP contribution is 2.29. The van der Waals surface area contributed by atoms with E-state index in [-0.39, 0.29) is 18.1 Å². The van der Waals surface area contributed by atoms with Gasteiger partial charge in [-0.15, -0.1) is 0 Å². The van der Waals surface area contributed by atoms with Gasteiger partial charge in [-0.05, 0) is 32.2 Å². The summed E-state index contributed by atoms with van der Waals surface area (Å²) in [5.74, 6) is 1.72. The van der Waals surface area contributed by atoms with Crippen LogP contribution in [0.1, 0.15) is 38.6 Å². The number of piperazine rings is 1. The molecule has 1 saturated heterocycles. The number of nitrogens with one attached hydrogen (secondary N) is 1. The quantitative estimate of drug-likeness (QED) is 0.864. The first kappa shape index (κ1) is 15.5. The van der Waals surface area contributed by atoms with E-state index < -0.39 is 0 Å². The van der Waals surface area contributed by atoms with Crippen molar-refractivity contribution < 1.29 is 9.53 Å². The Kier molecular flexibility index (Phi) is 4.78. The molecule has 2 heterocycles. The summed E-state index contributed by atoms with van der Waals surface area (Å²) in [6, 6.07) is 0.147. The largest absolute Gasteiger partial charge is 0.368 e. The van der Waals surface area contributed by atoms with Gasteiger partial charge in [0, 0.05) is 32.0 Å². The van der Waals surface area contributed by atoms with E-state index in [0.717, 1.165) is 32.1 Å². The lowest BCUT2D eigenvalue weighted by molar-refractivity contribution is -0.146. The second kappa shape index (κ2) is 6.79. The molecule has 6 nitrogen and oxygen atoms in total. The van der Waals surface area contributed by atoms with Crippen molar-refractivity contribution in [3.8, 4) is 0 Å². The third-order valence-electron chi connectivity index (χ3n) is 4.67. The Hall–Kier alpha value is -1.40. The van der Waals surface area contributed by atoms with E-state index in [1.165, 1.54) is 12.8 Å². The number of aromatic amines is 1. The van der Waals surface area contributed by atoms with Gasteiger partial charge in [0.1, 0.15) is 11.9 Å². The molecule has 1 saturated carbocycles. The van der Waals surface area contributed by atoms with Crippen molar-refractivity contribution in [2.75, 3.05) is 32.8 Å². The molecule has 0 aromatic carbocycles. The smallest absolute Gasteiger partial charge is 0.251 e. The zero-order valence-corrected chi connectivity index (χ0v) is 13.5. The van der Waals surface area contributed by atoms with Crippen molar-refractivity contribution >= 4 is 5.91 Å². The van der Waals surface area contributed by atoms with E-state index >= 15 is 0 Å². The first-order chi connectivity index (χ1) is 10.7. The minimum absolute atomic E-state index is 0.105. The molecule has 6 heteroatoms. The molecule has 22 heavy (non-hydrogen) atoms. The van der Waals surface area contributed by atoms with Gasteiger partial charge in [-0.2, -0.15) is 0 Å². The average molecular weight is 306 g/mol. The number of H-pyrrole nitrogens is 1. The van der Waals surface area contributed by atoms with Crippen molar-refractivity contribution in [1.29, 1.82) is 0 Å². The van der Waals surface area contributed by atoms with Gasteiger partial charge in [0.25, 0.3) is 5.91 Å². The topological polar surface area (TPSA) is 61.5 Å². The Morgan fingerprint density at radius 2 is 2.32 bits per heavy atom. The number of aromatic nitrogens is 2. The second-order valence-corrected chi connectivity index (χ2v) is 6.32. The summed E-state index contributed by atoms with van der Waals surface area (Å²) < 4.78 is 5.73. The van der Waals surface area contributed by atoms with Crippen LogP contribution in [-0.2, 0) is 9.53 Å². The lowest BCUT2D eigenvalue weighted by Gasteiger charge is -2.40. The summed E-state index contributed by atoms with van der Waals surface area (Å²) in [5, 5.41) is 0. The maximum atomic E-state index is 12.6. The number of imidazole rings is 1. The minimum atomic E-state index is -0.342. The molecule has 2 unspecified atom stereocenters. The summed E-state index contributed by atoms with van der Waals surface area (Å²) >= 11 is 0. The standard InChI is InChI=1S/C16H26N4O2/c1-3-19-8-9-20(10-14(19)15-17-6-7-18-15)16(21)12(2)22-11-13-4-5-13/h6-7,12-14H,3-5,8-11H2,1-2H3,(H,17,18). The molecular weight excluding hydrogens is 280 g/mol. The Morgan fingerprint density at radius 3 is 2.95 bits per heavy atom. The van der Waals surface area contributed by atoms with Crippen molar-refractivity contribution in [2.24, 2.45) is 5.92 Å². The number of carbonyl (C=O) groups is 1. The highest BCUT2D eigenvalue weighted by Gasteiger charge is 2.33. The van der Waals surface area contributed by atoms with Crippen molar-refractivity contribution in [3.05, 3.63) is 18.2 Å². The molecule has 122 valence electrons. The van der Waals surface area contributed by atoms with Crippen LogP contribution in [0.2, 0.25) is 0 Å². The van der Waals surface area contributed by atoms with Crippen LogP contribution in [0, 0.1) is 5.92 Å². The maximum Gasteiger partial charge on any atom is 0.251 e. The van der Waals surface area contributed by atoms with E-state index in [0.29, 0.717) is 12.5 Å². The summed E-state index contributed by atoms with van der Waals surface area (Å²) in [4.78, 5) is 24.4. The molecule has 2 aliphatic rings. The number of amides is 1. The van der Waals surface area contributed by atoms with Gasteiger partial charge >= 0.3 is 0 Å². The number of hydrogen-bond acceptors (Lipinski definition) is 4. The molecule has 1 amide bonds. The molecule has 1 aliphatic heterocycles. The lowest BCUT2D eigenvalue weighted by atomic mass is 10.1. The van der Waals surface area contributed by atoms with Gasteiger partial charge in [-0.25, -0.2) is 4.98 Å². The summed E-state index contributed by atoms with van der Waals surface area (Å²) in [6.07, 6.45) is 5.76. The average Bonchev–Trinajstić information content (AvgIpc) is 3.22. The minimum Gasteiger partial charge on any atom is -0.368 e. The number of carbonyl (C=O) groups excluding carboxylic acids is 1. The van der Waals surface area contributed by atoms with E-state index in [4.69, 9.17) is 4.74 Å². The number of hydrogen-bond donors (Lipinski definition) is 1. The Balaban J connectivity index is 1.60. The van der Waals surface area contributed by atoms with E-state index in [1.807, 2.05) is 18.0 Å². The zero-order chi connectivity index (χ0) is 15.5. The second-order valence-electron chi connectivity index (χ2n) is 6.32. The van der Waals surface area contributed by atoms with E-state index in [2.05, 4.69) is 21.8 Å². The van der Waals surface area contributed by atoms with Crippen LogP contribution in [-0.4, -0.2) is 64.6 Å². The fraction of sp³-hybridized carbons (Fsp3) is 0.750. The normalized spacial score (nSPS) is 24.5. The monoisotopic (exact) mass is 306 g/mol. The Morgan fingerprint density at radius 1 is 1.50 bits per heavy atom. The zero-order valence-electron chi connectivity index (χ0n) is 13.5. The fourth-order valence-electron chi connectivity index (χ4n) is 3.01. The molecule has 3 rings (SSSR count). The maximum absolute atomic E-state index is 12.6. The summed E-state index contributed by atoms with van der Waals surface area (Å²) in [6.45, 7) is 8.03. The predicted octanol–water partition coefficient (Wildman–Crippen LogP) is 1.43.